The Hall–Kier alpha value is -1.15. The Morgan fingerprint density at radius 1 is 1.24 bits per heavy atom. The Labute approximate surface area is 101 Å². The molecule has 17 heavy (non-hydrogen) atoms. The SMILES string of the molecule is C=CS(=O)(=O)CCC(=O)NC(C)S(=O)(=O)C=C. The van der Waals surface area contributed by atoms with Gasteiger partial charge in [-0.05, 0) is 6.92 Å². The van der Waals surface area contributed by atoms with E-state index >= 15 is 0 Å². The van der Waals surface area contributed by atoms with Crippen molar-refractivity contribution in [2.45, 2.75) is 18.7 Å². The summed E-state index contributed by atoms with van der Waals surface area (Å²) in [5, 5.41) is 2.53. The van der Waals surface area contributed by atoms with Crippen LogP contribution in [0.4, 0.5) is 0 Å². The van der Waals surface area contributed by atoms with Crippen molar-refractivity contribution < 1.29 is 21.6 Å². The zero-order valence-corrected chi connectivity index (χ0v) is 11.1. The van der Waals surface area contributed by atoms with Gasteiger partial charge in [-0.2, -0.15) is 0 Å². The van der Waals surface area contributed by atoms with Crippen molar-refractivity contribution in [1.82, 2.24) is 5.32 Å². The highest BCUT2D eigenvalue weighted by molar-refractivity contribution is 7.94. The molecule has 0 rings (SSSR count). The van der Waals surface area contributed by atoms with E-state index < -0.39 is 36.7 Å². The topological polar surface area (TPSA) is 97.4 Å². The summed E-state index contributed by atoms with van der Waals surface area (Å²) in [6.07, 6.45) is -0.314. The van der Waals surface area contributed by atoms with E-state index in [1.807, 2.05) is 0 Å². The average Bonchev–Trinajstić information content (AvgIpc) is 2.26. The Kier molecular flexibility index (Phi) is 5.56. The van der Waals surface area contributed by atoms with Gasteiger partial charge in [-0.25, -0.2) is 16.8 Å². The molecule has 6 nitrogen and oxygen atoms in total. The Balaban J connectivity index is 4.40. The lowest BCUT2D eigenvalue weighted by molar-refractivity contribution is -0.120. The molecule has 1 N–H and O–H groups in total. The van der Waals surface area contributed by atoms with Crippen molar-refractivity contribution in [3.05, 3.63) is 24.0 Å². The number of carbonyl (C=O) groups excluding carboxylic acids is 1. The molecule has 0 fully saturated rings. The molecule has 0 radical (unpaired) electrons. The maximum Gasteiger partial charge on any atom is 0.222 e. The van der Waals surface area contributed by atoms with Crippen LogP contribution in [0.5, 0.6) is 0 Å². The van der Waals surface area contributed by atoms with Crippen molar-refractivity contribution in [1.29, 1.82) is 0 Å². The number of hydrogen-bond acceptors (Lipinski definition) is 5. The zero-order chi connectivity index (χ0) is 13.7. The van der Waals surface area contributed by atoms with Crippen LogP contribution in [0.3, 0.4) is 0 Å². The second kappa shape index (κ2) is 5.97. The first-order chi connectivity index (χ1) is 7.64. The smallest absolute Gasteiger partial charge is 0.222 e. The lowest BCUT2D eigenvalue weighted by Gasteiger charge is -2.11. The molecule has 8 heteroatoms. The second-order valence-electron chi connectivity index (χ2n) is 3.25. The second-order valence-corrected chi connectivity index (χ2v) is 7.53. The lowest BCUT2D eigenvalue weighted by Crippen LogP contribution is -2.38. The maximum absolute atomic E-state index is 11.3. The molecule has 1 atom stereocenters. The number of nitrogens with one attached hydrogen (secondary N) is 1. The molecule has 0 bridgehead atoms. The summed E-state index contributed by atoms with van der Waals surface area (Å²) in [7, 11) is -7.05. The molecular weight excluding hydrogens is 266 g/mol. The fourth-order valence-electron chi connectivity index (χ4n) is 0.844. The van der Waals surface area contributed by atoms with Gasteiger partial charge in [0.1, 0.15) is 5.37 Å². The van der Waals surface area contributed by atoms with E-state index in [2.05, 4.69) is 18.5 Å². The normalized spacial score (nSPS) is 13.7. The molecule has 0 aromatic carbocycles. The van der Waals surface area contributed by atoms with E-state index in [0.29, 0.717) is 0 Å². The third-order valence-corrected chi connectivity index (χ3v) is 4.81. The van der Waals surface area contributed by atoms with E-state index in [-0.39, 0.29) is 6.42 Å². The Bertz CT molecular complexity index is 504. The fraction of sp³-hybridized carbons (Fsp3) is 0.444. The fourth-order valence-corrected chi connectivity index (χ4v) is 2.06. The average molecular weight is 281 g/mol. The molecule has 0 saturated carbocycles. The van der Waals surface area contributed by atoms with Crippen LogP contribution in [0.15, 0.2) is 24.0 Å². The maximum atomic E-state index is 11.3. The zero-order valence-electron chi connectivity index (χ0n) is 9.42. The minimum Gasteiger partial charge on any atom is -0.339 e. The first-order valence-electron chi connectivity index (χ1n) is 4.65. The molecule has 0 aliphatic heterocycles. The minimum atomic E-state index is -3.59. The van der Waals surface area contributed by atoms with Crippen LogP contribution in [-0.4, -0.2) is 33.9 Å². The van der Waals surface area contributed by atoms with Crippen molar-refractivity contribution in [3.8, 4) is 0 Å². The molecule has 0 heterocycles. The number of sulfone groups is 2. The molecule has 0 aromatic heterocycles. The lowest BCUT2D eigenvalue weighted by atomic mass is 10.4. The molecule has 1 amide bonds. The third-order valence-electron chi connectivity index (χ3n) is 1.96. The third kappa shape index (κ3) is 5.64. The van der Waals surface area contributed by atoms with E-state index in [0.717, 1.165) is 10.8 Å². The molecule has 98 valence electrons. The van der Waals surface area contributed by atoms with Gasteiger partial charge in [0.25, 0.3) is 0 Å². The van der Waals surface area contributed by atoms with Crippen LogP contribution >= 0.6 is 0 Å². The molecule has 0 aliphatic carbocycles. The van der Waals surface area contributed by atoms with Crippen LogP contribution in [0, 0.1) is 0 Å². The predicted octanol–water partition coefficient (Wildman–Crippen LogP) is -0.0447. The van der Waals surface area contributed by atoms with Crippen LogP contribution in [0.1, 0.15) is 13.3 Å². The molecule has 0 aromatic rings. The Morgan fingerprint density at radius 2 is 1.76 bits per heavy atom. The summed E-state index contributed by atoms with van der Waals surface area (Å²) >= 11 is 0. The predicted molar refractivity (Wildman–Crippen MR) is 65.3 cm³/mol. The van der Waals surface area contributed by atoms with Crippen molar-refractivity contribution in [3.63, 3.8) is 0 Å². The first-order valence-corrected chi connectivity index (χ1v) is 7.98. The number of carbonyl (C=O) groups is 1. The van der Waals surface area contributed by atoms with Gasteiger partial charge in [0.05, 0.1) is 5.75 Å². The number of amides is 1. The van der Waals surface area contributed by atoms with Crippen molar-refractivity contribution in [2.24, 2.45) is 0 Å². The van der Waals surface area contributed by atoms with Gasteiger partial charge in [-0.1, -0.05) is 13.2 Å². The molecule has 0 aliphatic rings. The molecular formula is C9H15NO5S2. The highest BCUT2D eigenvalue weighted by Gasteiger charge is 2.19. The van der Waals surface area contributed by atoms with Gasteiger partial charge < -0.3 is 5.32 Å². The standard InChI is InChI=1S/C9H15NO5S2/c1-4-16(12,13)7-6-9(11)10-8(3)17(14,15)5-2/h4-5,8H,1-2,6-7H2,3H3,(H,10,11). The molecule has 0 saturated heterocycles. The van der Waals surface area contributed by atoms with Crippen molar-refractivity contribution >= 4 is 25.6 Å². The summed E-state index contributed by atoms with van der Waals surface area (Å²) in [5.74, 6) is -1.06. The summed E-state index contributed by atoms with van der Waals surface area (Å²) < 4.78 is 44.5. The van der Waals surface area contributed by atoms with E-state index in [9.17, 15) is 21.6 Å². The summed E-state index contributed by atoms with van der Waals surface area (Å²) in [4.78, 5) is 11.3. The van der Waals surface area contributed by atoms with E-state index in [1.165, 1.54) is 6.92 Å². The number of rotatable bonds is 7. The molecule has 0 spiro atoms. The first kappa shape index (κ1) is 15.9. The van der Waals surface area contributed by atoms with Crippen molar-refractivity contribution in [2.75, 3.05) is 5.75 Å². The van der Waals surface area contributed by atoms with E-state index in [1.54, 1.807) is 0 Å². The van der Waals surface area contributed by atoms with Gasteiger partial charge in [-0.3, -0.25) is 4.79 Å². The van der Waals surface area contributed by atoms with Crippen LogP contribution in [0.25, 0.3) is 0 Å². The highest BCUT2D eigenvalue weighted by atomic mass is 32.2. The van der Waals surface area contributed by atoms with Gasteiger partial charge in [0.2, 0.25) is 5.91 Å². The minimum absolute atomic E-state index is 0.314. The van der Waals surface area contributed by atoms with Crippen LogP contribution in [-0.2, 0) is 24.5 Å². The van der Waals surface area contributed by atoms with Crippen LogP contribution < -0.4 is 5.32 Å². The van der Waals surface area contributed by atoms with E-state index in [4.69, 9.17) is 0 Å². The quantitative estimate of drug-likeness (QED) is 0.706. The monoisotopic (exact) mass is 281 g/mol. The van der Waals surface area contributed by atoms with Gasteiger partial charge in [-0.15, -0.1) is 0 Å². The summed E-state index contributed by atoms with van der Waals surface area (Å²) in [6.45, 7) is 7.48. The van der Waals surface area contributed by atoms with Gasteiger partial charge in [0, 0.05) is 17.2 Å². The van der Waals surface area contributed by atoms with Gasteiger partial charge >= 0.3 is 0 Å². The van der Waals surface area contributed by atoms with Crippen LogP contribution in [0.2, 0.25) is 0 Å². The number of hydrogen-bond donors (Lipinski definition) is 1. The molecule has 1 unspecified atom stereocenters. The highest BCUT2D eigenvalue weighted by Crippen LogP contribution is 2.01. The van der Waals surface area contributed by atoms with Gasteiger partial charge in [0.15, 0.2) is 19.7 Å². The summed E-state index contributed by atoms with van der Waals surface area (Å²) in [5.41, 5.74) is 0. The summed E-state index contributed by atoms with van der Waals surface area (Å²) in [6, 6.07) is 0. The Morgan fingerprint density at radius 3 is 2.18 bits per heavy atom. The largest absolute Gasteiger partial charge is 0.339 e.